The Morgan fingerprint density at radius 1 is 1.35 bits per heavy atom. The van der Waals surface area contributed by atoms with E-state index in [0.717, 1.165) is 18.9 Å². The summed E-state index contributed by atoms with van der Waals surface area (Å²) in [5.41, 5.74) is 0.282. The third-order valence-corrected chi connectivity index (χ3v) is 4.12. The van der Waals surface area contributed by atoms with Gasteiger partial charge in [-0.2, -0.15) is 9.61 Å². The van der Waals surface area contributed by atoms with E-state index in [1.165, 1.54) is 30.2 Å². The van der Waals surface area contributed by atoms with Crippen molar-refractivity contribution < 1.29 is 0 Å². The Balaban J connectivity index is 1.66. The normalized spacial score (nSPS) is 22.5. The Bertz CT molecular complexity index is 667. The molecule has 7 nitrogen and oxygen atoms in total. The quantitative estimate of drug-likeness (QED) is 0.829. The van der Waals surface area contributed by atoms with Gasteiger partial charge in [0.05, 0.1) is 0 Å². The van der Waals surface area contributed by atoms with Gasteiger partial charge >= 0.3 is 5.69 Å². The molecule has 2 aromatic rings. The maximum Gasteiger partial charge on any atom is 0.364 e. The van der Waals surface area contributed by atoms with Crippen LogP contribution in [0.2, 0.25) is 0 Å². The smallest absolute Gasteiger partial charge is 0.351 e. The molecule has 2 N–H and O–H groups in total. The average molecular weight is 274 g/mol. The summed E-state index contributed by atoms with van der Waals surface area (Å²) in [6, 6.07) is 4.92. The fourth-order valence-corrected chi connectivity index (χ4v) is 2.91. The largest absolute Gasteiger partial charge is 0.364 e. The van der Waals surface area contributed by atoms with E-state index in [1.54, 1.807) is 0 Å². The number of anilines is 1. The molecule has 1 saturated heterocycles. The summed E-state index contributed by atoms with van der Waals surface area (Å²) in [6.45, 7) is 2.08. The highest BCUT2D eigenvalue weighted by Crippen LogP contribution is 2.31. The molecule has 3 heterocycles. The Labute approximate surface area is 116 Å². The van der Waals surface area contributed by atoms with Gasteiger partial charge in [0.25, 0.3) is 0 Å². The van der Waals surface area contributed by atoms with Crippen molar-refractivity contribution in [1.29, 1.82) is 0 Å². The SMILES string of the molecule is O=c1[nH]nc2ccc(N(CC3CCCN3)C3CC3)nn12. The van der Waals surface area contributed by atoms with Crippen molar-refractivity contribution in [3.63, 3.8) is 0 Å². The van der Waals surface area contributed by atoms with Gasteiger partial charge in [-0.3, -0.25) is 0 Å². The zero-order chi connectivity index (χ0) is 13.5. The molecule has 2 fully saturated rings. The zero-order valence-corrected chi connectivity index (χ0v) is 11.2. The molecule has 2 aromatic heterocycles. The Kier molecular flexibility index (Phi) is 2.73. The van der Waals surface area contributed by atoms with Crippen LogP contribution in [0.3, 0.4) is 0 Å². The van der Waals surface area contributed by atoms with Crippen LogP contribution in [0.15, 0.2) is 16.9 Å². The molecule has 20 heavy (non-hydrogen) atoms. The van der Waals surface area contributed by atoms with Crippen LogP contribution in [-0.4, -0.2) is 45.0 Å². The highest BCUT2D eigenvalue weighted by Gasteiger charge is 2.32. The number of H-pyrrole nitrogens is 1. The van der Waals surface area contributed by atoms with E-state index in [2.05, 4.69) is 25.5 Å². The predicted octanol–water partition coefficient (Wildman–Crippen LogP) is 0.138. The summed E-state index contributed by atoms with van der Waals surface area (Å²) < 4.78 is 1.34. The first-order chi connectivity index (χ1) is 9.81. The molecule has 7 heteroatoms. The van der Waals surface area contributed by atoms with E-state index >= 15 is 0 Å². The second-order valence-electron chi connectivity index (χ2n) is 5.67. The van der Waals surface area contributed by atoms with Crippen molar-refractivity contribution in [2.45, 2.75) is 37.8 Å². The number of nitrogens with one attached hydrogen (secondary N) is 2. The molecule has 1 aliphatic carbocycles. The van der Waals surface area contributed by atoms with Crippen LogP contribution in [0.25, 0.3) is 5.65 Å². The molecule has 106 valence electrons. The van der Waals surface area contributed by atoms with Crippen molar-refractivity contribution in [3.8, 4) is 0 Å². The first kappa shape index (κ1) is 11.9. The van der Waals surface area contributed by atoms with E-state index in [4.69, 9.17) is 0 Å². The first-order valence-corrected chi connectivity index (χ1v) is 7.26. The Morgan fingerprint density at radius 3 is 3.00 bits per heavy atom. The summed E-state index contributed by atoms with van der Waals surface area (Å²) in [4.78, 5) is 14.0. The van der Waals surface area contributed by atoms with Gasteiger partial charge < -0.3 is 10.2 Å². The second-order valence-corrected chi connectivity index (χ2v) is 5.67. The van der Waals surface area contributed by atoms with Crippen LogP contribution >= 0.6 is 0 Å². The van der Waals surface area contributed by atoms with Gasteiger partial charge in [-0.05, 0) is 44.4 Å². The fraction of sp³-hybridized carbons (Fsp3) is 0.615. The number of rotatable bonds is 4. The maximum absolute atomic E-state index is 11.6. The molecule has 1 atom stereocenters. The summed E-state index contributed by atoms with van der Waals surface area (Å²) in [7, 11) is 0. The number of aromatic amines is 1. The Morgan fingerprint density at radius 2 is 2.25 bits per heavy atom. The van der Waals surface area contributed by atoms with Crippen molar-refractivity contribution in [3.05, 3.63) is 22.6 Å². The molecule has 0 amide bonds. The number of aromatic nitrogens is 4. The maximum atomic E-state index is 11.6. The van der Waals surface area contributed by atoms with E-state index in [9.17, 15) is 4.79 Å². The van der Waals surface area contributed by atoms with Crippen LogP contribution < -0.4 is 15.9 Å². The number of hydrogen-bond acceptors (Lipinski definition) is 5. The van der Waals surface area contributed by atoms with Crippen LogP contribution in [0.5, 0.6) is 0 Å². The van der Waals surface area contributed by atoms with Gasteiger partial charge in [-0.15, -0.1) is 5.10 Å². The van der Waals surface area contributed by atoms with Crippen LogP contribution in [0.1, 0.15) is 25.7 Å². The van der Waals surface area contributed by atoms with Gasteiger partial charge in [0.15, 0.2) is 5.65 Å². The second kappa shape index (κ2) is 4.59. The van der Waals surface area contributed by atoms with Gasteiger partial charge in [-0.25, -0.2) is 9.89 Å². The lowest BCUT2D eigenvalue weighted by Gasteiger charge is -2.26. The van der Waals surface area contributed by atoms with Crippen LogP contribution in [0.4, 0.5) is 5.82 Å². The molecule has 0 radical (unpaired) electrons. The molecule has 4 rings (SSSR count). The molecule has 0 bridgehead atoms. The lowest BCUT2D eigenvalue weighted by Crippen LogP contribution is -2.39. The monoisotopic (exact) mass is 274 g/mol. The lowest BCUT2D eigenvalue weighted by molar-refractivity contribution is 0.572. The number of nitrogens with zero attached hydrogens (tertiary/aromatic N) is 4. The molecule has 2 aliphatic rings. The van der Waals surface area contributed by atoms with E-state index in [-0.39, 0.29) is 5.69 Å². The van der Waals surface area contributed by atoms with Crippen molar-refractivity contribution in [2.24, 2.45) is 0 Å². The van der Waals surface area contributed by atoms with Crippen LogP contribution in [0, 0.1) is 0 Å². The molecule has 0 aromatic carbocycles. The predicted molar refractivity (Wildman–Crippen MR) is 75.0 cm³/mol. The summed E-state index contributed by atoms with van der Waals surface area (Å²) in [6.07, 6.45) is 4.90. The highest BCUT2D eigenvalue weighted by molar-refractivity contribution is 5.46. The summed E-state index contributed by atoms with van der Waals surface area (Å²) >= 11 is 0. The summed E-state index contributed by atoms with van der Waals surface area (Å²) in [5.74, 6) is 0.872. The van der Waals surface area contributed by atoms with E-state index < -0.39 is 0 Å². The van der Waals surface area contributed by atoms with Gasteiger partial charge in [0.1, 0.15) is 5.82 Å². The highest BCUT2D eigenvalue weighted by atomic mass is 16.2. The van der Waals surface area contributed by atoms with Crippen molar-refractivity contribution >= 4 is 11.5 Å². The van der Waals surface area contributed by atoms with Gasteiger partial charge in [0.2, 0.25) is 0 Å². The molecule has 1 unspecified atom stereocenters. The van der Waals surface area contributed by atoms with E-state index in [0.29, 0.717) is 17.7 Å². The minimum atomic E-state index is -0.281. The standard InChI is InChI=1S/C13H18N6O/c20-13-16-15-11-5-6-12(17-19(11)13)18(10-3-4-10)8-9-2-1-7-14-9/h5-6,9-10,14H,1-4,7-8H2,(H,16,20). The van der Waals surface area contributed by atoms with Crippen molar-refractivity contribution in [2.75, 3.05) is 18.0 Å². The van der Waals surface area contributed by atoms with Gasteiger partial charge in [-0.1, -0.05) is 0 Å². The lowest BCUT2D eigenvalue weighted by atomic mass is 10.2. The minimum absolute atomic E-state index is 0.281. The topological polar surface area (TPSA) is 78.3 Å². The molecule has 1 saturated carbocycles. The van der Waals surface area contributed by atoms with E-state index in [1.807, 2.05) is 12.1 Å². The minimum Gasteiger partial charge on any atom is -0.351 e. The number of hydrogen-bond donors (Lipinski definition) is 2. The fourth-order valence-electron chi connectivity index (χ4n) is 2.91. The third-order valence-electron chi connectivity index (χ3n) is 4.12. The Hall–Kier alpha value is -1.89. The first-order valence-electron chi connectivity index (χ1n) is 7.26. The van der Waals surface area contributed by atoms with Crippen molar-refractivity contribution in [1.82, 2.24) is 25.1 Å². The van der Waals surface area contributed by atoms with Crippen LogP contribution in [-0.2, 0) is 0 Å². The average Bonchev–Trinajstić information content (AvgIpc) is 3.05. The zero-order valence-electron chi connectivity index (χ0n) is 11.2. The molecule has 1 aliphatic heterocycles. The summed E-state index contributed by atoms with van der Waals surface area (Å²) in [5, 5.41) is 14.3. The third kappa shape index (κ3) is 2.07. The molecular formula is C13H18N6O. The molecule has 0 spiro atoms. The van der Waals surface area contributed by atoms with Gasteiger partial charge in [0, 0.05) is 18.6 Å². The number of fused-ring (bicyclic) bond motifs is 1. The molecular weight excluding hydrogens is 256 g/mol.